The summed E-state index contributed by atoms with van der Waals surface area (Å²) in [6, 6.07) is 6.32. The van der Waals surface area contributed by atoms with Crippen LogP contribution in [-0.4, -0.2) is 13.2 Å². The van der Waals surface area contributed by atoms with Gasteiger partial charge in [0.1, 0.15) is 5.75 Å². The van der Waals surface area contributed by atoms with Crippen LogP contribution in [0.5, 0.6) is 5.75 Å². The summed E-state index contributed by atoms with van der Waals surface area (Å²) in [5.41, 5.74) is 1.02. The molecule has 0 aliphatic rings. The Morgan fingerprint density at radius 3 is 2.62 bits per heavy atom. The maximum absolute atomic E-state index is 5.22. The first-order valence-corrected chi connectivity index (χ1v) is 5.03. The van der Waals surface area contributed by atoms with Crippen molar-refractivity contribution in [3.8, 4) is 5.75 Å². The van der Waals surface area contributed by atoms with Crippen LogP contribution < -0.4 is 10.1 Å². The van der Waals surface area contributed by atoms with E-state index in [2.05, 4.69) is 35.1 Å². The normalized spacial score (nSPS) is 10.2. The first-order valence-electron chi connectivity index (χ1n) is 4.23. The summed E-state index contributed by atoms with van der Waals surface area (Å²) in [6.45, 7) is 4.20. The van der Waals surface area contributed by atoms with E-state index in [-0.39, 0.29) is 0 Å². The average molecular weight is 244 g/mol. The van der Waals surface area contributed by atoms with Crippen LogP contribution in [0.2, 0.25) is 0 Å². The molecule has 72 valence electrons. The molecule has 0 unspecified atom stereocenters. The highest BCUT2D eigenvalue weighted by Gasteiger charge is 2.03. The molecule has 0 spiro atoms. The van der Waals surface area contributed by atoms with E-state index in [9.17, 15) is 0 Å². The van der Waals surface area contributed by atoms with Crippen molar-refractivity contribution < 1.29 is 4.74 Å². The molecule has 1 rings (SSSR count). The summed E-state index contributed by atoms with van der Waals surface area (Å²) in [6.07, 6.45) is 0. The van der Waals surface area contributed by atoms with Gasteiger partial charge >= 0.3 is 0 Å². The standard InChI is InChI=1S/C10H14BrNO/c1-7(2)12-9-6-8(11)4-5-10(9)13-3/h4-7,12H,1-3H3. The van der Waals surface area contributed by atoms with Gasteiger partial charge in [-0.3, -0.25) is 0 Å². The highest BCUT2D eigenvalue weighted by atomic mass is 79.9. The predicted molar refractivity (Wildman–Crippen MR) is 59.5 cm³/mol. The second-order valence-electron chi connectivity index (χ2n) is 3.14. The fourth-order valence-corrected chi connectivity index (χ4v) is 1.47. The first kappa shape index (κ1) is 10.4. The molecule has 0 saturated carbocycles. The molecule has 1 N–H and O–H groups in total. The van der Waals surface area contributed by atoms with Crippen molar-refractivity contribution in [1.82, 2.24) is 0 Å². The van der Waals surface area contributed by atoms with E-state index in [1.165, 1.54) is 0 Å². The Morgan fingerprint density at radius 1 is 1.38 bits per heavy atom. The van der Waals surface area contributed by atoms with Gasteiger partial charge in [-0.2, -0.15) is 0 Å². The molecule has 0 bridgehead atoms. The van der Waals surface area contributed by atoms with E-state index in [4.69, 9.17) is 4.74 Å². The van der Waals surface area contributed by atoms with Gasteiger partial charge in [0.25, 0.3) is 0 Å². The summed E-state index contributed by atoms with van der Waals surface area (Å²) in [4.78, 5) is 0. The molecule has 1 aromatic carbocycles. The van der Waals surface area contributed by atoms with Crippen LogP contribution in [-0.2, 0) is 0 Å². The molecule has 0 heterocycles. The lowest BCUT2D eigenvalue weighted by Crippen LogP contribution is -2.10. The zero-order valence-corrected chi connectivity index (χ0v) is 9.68. The first-order chi connectivity index (χ1) is 6.13. The SMILES string of the molecule is COc1ccc(Br)cc1NC(C)C. The number of methoxy groups -OCH3 is 1. The van der Waals surface area contributed by atoms with Gasteiger partial charge in [-0.05, 0) is 32.0 Å². The third-order valence-corrected chi connectivity index (χ3v) is 2.10. The Kier molecular flexibility index (Phi) is 3.60. The number of ether oxygens (including phenoxy) is 1. The topological polar surface area (TPSA) is 21.3 Å². The summed E-state index contributed by atoms with van der Waals surface area (Å²) in [7, 11) is 1.68. The van der Waals surface area contributed by atoms with Gasteiger partial charge in [0.05, 0.1) is 12.8 Å². The molecule has 0 atom stereocenters. The quantitative estimate of drug-likeness (QED) is 0.880. The average Bonchev–Trinajstić information content (AvgIpc) is 2.03. The van der Waals surface area contributed by atoms with E-state index in [0.29, 0.717) is 6.04 Å². The fraction of sp³-hybridized carbons (Fsp3) is 0.400. The number of hydrogen-bond donors (Lipinski definition) is 1. The van der Waals surface area contributed by atoms with Crippen LogP contribution in [0.15, 0.2) is 22.7 Å². The molecule has 0 fully saturated rings. The molecule has 2 nitrogen and oxygen atoms in total. The van der Waals surface area contributed by atoms with Crippen molar-refractivity contribution >= 4 is 21.6 Å². The second-order valence-corrected chi connectivity index (χ2v) is 4.06. The van der Waals surface area contributed by atoms with Crippen molar-refractivity contribution in [3.05, 3.63) is 22.7 Å². The van der Waals surface area contributed by atoms with Gasteiger partial charge in [-0.1, -0.05) is 15.9 Å². The molecular formula is C10H14BrNO. The number of nitrogens with one attached hydrogen (secondary N) is 1. The van der Waals surface area contributed by atoms with Crippen LogP contribution in [0.25, 0.3) is 0 Å². The Labute approximate surface area is 87.4 Å². The molecule has 1 aromatic rings. The largest absolute Gasteiger partial charge is 0.495 e. The van der Waals surface area contributed by atoms with E-state index in [0.717, 1.165) is 15.9 Å². The number of rotatable bonds is 3. The number of anilines is 1. The summed E-state index contributed by atoms with van der Waals surface area (Å²) >= 11 is 3.42. The predicted octanol–water partition coefficient (Wildman–Crippen LogP) is 3.28. The highest BCUT2D eigenvalue weighted by molar-refractivity contribution is 9.10. The molecular weight excluding hydrogens is 230 g/mol. The van der Waals surface area contributed by atoms with Gasteiger partial charge in [0.2, 0.25) is 0 Å². The molecule has 0 aliphatic heterocycles. The molecule has 0 radical (unpaired) electrons. The maximum atomic E-state index is 5.22. The van der Waals surface area contributed by atoms with Gasteiger partial charge < -0.3 is 10.1 Å². The van der Waals surface area contributed by atoms with Gasteiger partial charge in [-0.15, -0.1) is 0 Å². The summed E-state index contributed by atoms with van der Waals surface area (Å²) in [5.74, 6) is 0.872. The van der Waals surface area contributed by atoms with Crippen LogP contribution in [0.1, 0.15) is 13.8 Å². The fourth-order valence-electron chi connectivity index (χ4n) is 1.10. The van der Waals surface area contributed by atoms with Gasteiger partial charge in [-0.25, -0.2) is 0 Å². The zero-order valence-electron chi connectivity index (χ0n) is 8.10. The Morgan fingerprint density at radius 2 is 2.08 bits per heavy atom. The second kappa shape index (κ2) is 4.51. The lowest BCUT2D eigenvalue weighted by Gasteiger charge is -2.13. The van der Waals surface area contributed by atoms with Crippen molar-refractivity contribution in [3.63, 3.8) is 0 Å². The maximum Gasteiger partial charge on any atom is 0.142 e. The molecule has 0 aromatic heterocycles. The van der Waals surface area contributed by atoms with Crippen LogP contribution in [0.4, 0.5) is 5.69 Å². The van der Waals surface area contributed by atoms with Crippen molar-refractivity contribution in [1.29, 1.82) is 0 Å². The molecule has 3 heteroatoms. The van der Waals surface area contributed by atoms with E-state index in [1.54, 1.807) is 7.11 Å². The number of hydrogen-bond acceptors (Lipinski definition) is 2. The number of halogens is 1. The summed E-state index contributed by atoms with van der Waals surface area (Å²) < 4.78 is 6.27. The Bertz CT molecular complexity index is 286. The third-order valence-electron chi connectivity index (χ3n) is 1.61. The molecule has 0 aliphatic carbocycles. The lowest BCUT2D eigenvalue weighted by molar-refractivity contribution is 0.416. The molecule has 0 saturated heterocycles. The van der Waals surface area contributed by atoms with E-state index < -0.39 is 0 Å². The molecule has 13 heavy (non-hydrogen) atoms. The molecule has 0 amide bonds. The van der Waals surface area contributed by atoms with E-state index in [1.807, 2.05) is 18.2 Å². The van der Waals surface area contributed by atoms with E-state index >= 15 is 0 Å². The Balaban J connectivity index is 2.94. The Hall–Kier alpha value is -0.700. The minimum absolute atomic E-state index is 0.406. The van der Waals surface area contributed by atoms with Crippen molar-refractivity contribution in [2.75, 3.05) is 12.4 Å². The smallest absolute Gasteiger partial charge is 0.142 e. The lowest BCUT2D eigenvalue weighted by atomic mass is 10.2. The van der Waals surface area contributed by atoms with Crippen LogP contribution in [0.3, 0.4) is 0 Å². The van der Waals surface area contributed by atoms with Crippen LogP contribution in [0, 0.1) is 0 Å². The third kappa shape index (κ3) is 2.92. The van der Waals surface area contributed by atoms with Crippen molar-refractivity contribution in [2.45, 2.75) is 19.9 Å². The highest BCUT2D eigenvalue weighted by Crippen LogP contribution is 2.28. The van der Waals surface area contributed by atoms with Gasteiger partial charge in [0, 0.05) is 10.5 Å². The number of benzene rings is 1. The van der Waals surface area contributed by atoms with Crippen LogP contribution >= 0.6 is 15.9 Å². The monoisotopic (exact) mass is 243 g/mol. The van der Waals surface area contributed by atoms with Gasteiger partial charge in [0.15, 0.2) is 0 Å². The zero-order chi connectivity index (χ0) is 9.84. The minimum atomic E-state index is 0.406. The van der Waals surface area contributed by atoms with Crippen molar-refractivity contribution in [2.24, 2.45) is 0 Å². The minimum Gasteiger partial charge on any atom is -0.495 e. The summed E-state index contributed by atoms with van der Waals surface area (Å²) in [5, 5.41) is 3.31.